The molecule has 26 heavy (non-hydrogen) atoms. The molecule has 1 unspecified atom stereocenters. The summed E-state index contributed by atoms with van der Waals surface area (Å²) < 4.78 is 16.0. The van der Waals surface area contributed by atoms with Crippen LogP contribution in [0.4, 0.5) is 0 Å². The van der Waals surface area contributed by atoms with Crippen LogP contribution in [0.2, 0.25) is 0 Å². The van der Waals surface area contributed by atoms with Crippen molar-refractivity contribution in [3.05, 3.63) is 53.6 Å². The second-order valence-corrected chi connectivity index (χ2v) is 6.70. The molecule has 0 bridgehead atoms. The van der Waals surface area contributed by atoms with Gasteiger partial charge in [0.15, 0.2) is 11.5 Å². The van der Waals surface area contributed by atoms with Crippen LogP contribution in [0.1, 0.15) is 47.6 Å². The first-order valence-corrected chi connectivity index (χ1v) is 9.11. The van der Waals surface area contributed by atoms with Gasteiger partial charge >= 0.3 is 0 Å². The lowest BCUT2D eigenvalue weighted by Gasteiger charge is -2.30. The molecule has 0 spiro atoms. The summed E-state index contributed by atoms with van der Waals surface area (Å²) in [5, 5.41) is 0. The van der Waals surface area contributed by atoms with Gasteiger partial charge in [0, 0.05) is 12.1 Å². The first kappa shape index (κ1) is 16.8. The number of rotatable bonds is 3. The van der Waals surface area contributed by atoms with E-state index in [-0.39, 0.29) is 18.7 Å². The molecule has 0 radical (unpaired) electrons. The van der Waals surface area contributed by atoms with Crippen LogP contribution in [0.15, 0.2) is 42.5 Å². The maximum Gasteiger partial charge on any atom is 0.254 e. The normalized spacial score (nSPS) is 19.1. The van der Waals surface area contributed by atoms with Gasteiger partial charge in [-0.15, -0.1) is 0 Å². The fourth-order valence-corrected chi connectivity index (χ4v) is 3.72. The van der Waals surface area contributed by atoms with Crippen molar-refractivity contribution >= 4 is 5.91 Å². The molecule has 0 N–H and O–H groups in total. The Morgan fingerprint density at radius 2 is 1.85 bits per heavy atom. The minimum absolute atomic E-state index is 0.0472. The van der Waals surface area contributed by atoms with Crippen molar-refractivity contribution in [1.29, 1.82) is 0 Å². The summed E-state index contributed by atoms with van der Waals surface area (Å²) in [4.78, 5) is 15.3. The van der Waals surface area contributed by atoms with E-state index in [2.05, 4.69) is 12.1 Å². The highest BCUT2D eigenvalue weighted by Gasteiger charge is 2.28. The van der Waals surface area contributed by atoms with Gasteiger partial charge < -0.3 is 19.1 Å². The van der Waals surface area contributed by atoms with Crippen LogP contribution in [0, 0.1) is 0 Å². The largest absolute Gasteiger partial charge is 0.497 e. The van der Waals surface area contributed by atoms with E-state index in [1.807, 2.05) is 29.2 Å². The highest BCUT2D eigenvalue weighted by molar-refractivity contribution is 5.95. The lowest BCUT2D eigenvalue weighted by atomic mass is 10.00. The van der Waals surface area contributed by atoms with E-state index in [4.69, 9.17) is 14.2 Å². The first-order valence-electron chi connectivity index (χ1n) is 9.11. The van der Waals surface area contributed by atoms with Crippen LogP contribution in [0.25, 0.3) is 0 Å². The minimum Gasteiger partial charge on any atom is -0.497 e. The number of methoxy groups -OCH3 is 1. The van der Waals surface area contributed by atoms with Crippen LogP contribution in [0.5, 0.6) is 17.2 Å². The van der Waals surface area contributed by atoms with Crippen molar-refractivity contribution in [2.45, 2.75) is 31.7 Å². The van der Waals surface area contributed by atoms with E-state index < -0.39 is 0 Å². The number of carbonyl (C=O) groups is 1. The summed E-state index contributed by atoms with van der Waals surface area (Å²) in [6.45, 7) is 0.981. The molecule has 1 saturated heterocycles. The Morgan fingerprint density at radius 3 is 2.65 bits per heavy atom. The van der Waals surface area contributed by atoms with E-state index in [1.165, 1.54) is 0 Å². The number of hydrogen-bond acceptors (Lipinski definition) is 4. The van der Waals surface area contributed by atoms with Crippen LogP contribution in [0.3, 0.4) is 0 Å². The summed E-state index contributed by atoms with van der Waals surface area (Å²) in [6.07, 6.45) is 4.28. The molecule has 4 rings (SSSR count). The van der Waals surface area contributed by atoms with Crippen molar-refractivity contribution in [2.24, 2.45) is 0 Å². The van der Waals surface area contributed by atoms with Gasteiger partial charge in [0.2, 0.25) is 6.79 Å². The van der Waals surface area contributed by atoms with Crippen molar-refractivity contribution in [1.82, 2.24) is 4.90 Å². The third-order valence-corrected chi connectivity index (χ3v) is 5.13. The van der Waals surface area contributed by atoms with Crippen LogP contribution in [-0.4, -0.2) is 31.3 Å². The van der Waals surface area contributed by atoms with Gasteiger partial charge in [0.25, 0.3) is 5.91 Å². The Bertz CT molecular complexity index is 787. The fourth-order valence-electron chi connectivity index (χ4n) is 3.72. The van der Waals surface area contributed by atoms with Gasteiger partial charge in [0.1, 0.15) is 5.75 Å². The van der Waals surface area contributed by atoms with E-state index in [1.54, 1.807) is 13.2 Å². The van der Waals surface area contributed by atoms with Crippen LogP contribution in [-0.2, 0) is 0 Å². The van der Waals surface area contributed by atoms with Crippen molar-refractivity contribution < 1.29 is 19.0 Å². The zero-order valence-electron chi connectivity index (χ0n) is 14.9. The number of benzene rings is 2. The highest BCUT2D eigenvalue weighted by Crippen LogP contribution is 2.35. The maximum absolute atomic E-state index is 13.3. The molecule has 2 aliphatic heterocycles. The minimum atomic E-state index is 0.0472. The summed E-state index contributed by atoms with van der Waals surface area (Å²) in [5.74, 6) is 2.22. The van der Waals surface area contributed by atoms with E-state index >= 15 is 0 Å². The zero-order chi connectivity index (χ0) is 17.9. The van der Waals surface area contributed by atoms with Crippen molar-refractivity contribution in [3.63, 3.8) is 0 Å². The Balaban J connectivity index is 1.63. The van der Waals surface area contributed by atoms with Gasteiger partial charge in [-0.1, -0.05) is 25.0 Å². The first-order chi connectivity index (χ1) is 12.8. The molecule has 5 heteroatoms. The lowest BCUT2D eigenvalue weighted by molar-refractivity contribution is 0.0680. The summed E-state index contributed by atoms with van der Waals surface area (Å²) in [6, 6.07) is 13.6. The molecule has 1 fully saturated rings. The number of carbonyl (C=O) groups excluding carboxylic acids is 1. The molecular weight excluding hydrogens is 330 g/mol. The summed E-state index contributed by atoms with van der Waals surface area (Å²) >= 11 is 0. The van der Waals surface area contributed by atoms with Gasteiger partial charge in [-0.3, -0.25) is 4.79 Å². The topological polar surface area (TPSA) is 48.0 Å². The van der Waals surface area contributed by atoms with Crippen LogP contribution >= 0.6 is 0 Å². The number of nitrogens with zero attached hydrogens (tertiary/aromatic N) is 1. The number of hydrogen-bond donors (Lipinski definition) is 0. The smallest absolute Gasteiger partial charge is 0.254 e. The molecule has 136 valence electrons. The monoisotopic (exact) mass is 353 g/mol. The average molecular weight is 353 g/mol. The third-order valence-electron chi connectivity index (χ3n) is 5.13. The Kier molecular flexibility index (Phi) is 4.69. The van der Waals surface area contributed by atoms with Crippen molar-refractivity contribution in [2.75, 3.05) is 20.4 Å². The quantitative estimate of drug-likeness (QED) is 0.830. The molecule has 2 aromatic rings. The molecule has 2 heterocycles. The molecule has 2 aromatic carbocycles. The predicted molar refractivity (Wildman–Crippen MR) is 97.8 cm³/mol. The third kappa shape index (κ3) is 3.21. The molecule has 1 atom stereocenters. The number of amides is 1. The molecule has 0 aromatic heterocycles. The van der Waals surface area contributed by atoms with Gasteiger partial charge in [0.05, 0.1) is 13.2 Å². The van der Waals surface area contributed by atoms with Crippen molar-refractivity contribution in [3.8, 4) is 17.2 Å². The maximum atomic E-state index is 13.3. The Hall–Kier alpha value is -2.69. The Morgan fingerprint density at radius 1 is 1.04 bits per heavy atom. The fraction of sp³-hybridized carbons (Fsp3) is 0.381. The number of fused-ring (bicyclic) bond motifs is 1. The SMILES string of the molecule is COc1ccc(C2CCCCCN2C(=O)c2ccc3c(c2)OCO3)cc1. The standard InChI is InChI=1S/C21H23NO4/c1-24-17-9-6-15(7-10-17)18-5-3-2-4-12-22(18)21(23)16-8-11-19-20(13-16)26-14-25-19/h6-11,13,18H,2-5,12,14H2,1H3. The molecule has 0 aliphatic carbocycles. The lowest BCUT2D eigenvalue weighted by Crippen LogP contribution is -2.34. The molecule has 5 nitrogen and oxygen atoms in total. The van der Waals surface area contributed by atoms with Crippen LogP contribution < -0.4 is 14.2 Å². The molecule has 2 aliphatic rings. The van der Waals surface area contributed by atoms with E-state index in [0.717, 1.165) is 43.5 Å². The van der Waals surface area contributed by atoms with Gasteiger partial charge in [-0.05, 0) is 48.7 Å². The Labute approximate surface area is 153 Å². The van der Waals surface area contributed by atoms with E-state index in [0.29, 0.717) is 17.1 Å². The zero-order valence-corrected chi connectivity index (χ0v) is 14.9. The number of likely N-dealkylation sites (tertiary alicyclic amines) is 1. The van der Waals surface area contributed by atoms with Gasteiger partial charge in [-0.2, -0.15) is 0 Å². The molecule has 0 saturated carbocycles. The predicted octanol–water partition coefficient (Wildman–Crippen LogP) is 4.18. The summed E-state index contributed by atoms with van der Waals surface area (Å²) in [7, 11) is 1.66. The van der Waals surface area contributed by atoms with Gasteiger partial charge in [-0.25, -0.2) is 0 Å². The molecule has 1 amide bonds. The second-order valence-electron chi connectivity index (χ2n) is 6.70. The van der Waals surface area contributed by atoms with E-state index in [9.17, 15) is 4.79 Å². The highest BCUT2D eigenvalue weighted by atomic mass is 16.7. The number of ether oxygens (including phenoxy) is 3. The second kappa shape index (κ2) is 7.28. The summed E-state index contributed by atoms with van der Waals surface area (Å²) in [5.41, 5.74) is 1.80. The average Bonchev–Trinajstić information content (AvgIpc) is 3.02. The molecular formula is C21H23NO4.